The number of rotatable bonds is 6. The quantitative estimate of drug-likeness (QED) is 0.0825. The van der Waals surface area contributed by atoms with Gasteiger partial charge in [-0.05, 0) is 47.5 Å². The van der Waals surface area contributed by atoms with Gasteiger partial charge in [0.15, 0.2) is 4.34 Å². The lowest BCUT2D eigenvalue weighted by Crippen LogP contribution is -2.29. The van der Waals surface area contributed by atoms with Gasteiger partial charge in [0.1, 0.15) is 11.6 Å². The van der Waals surface area contributed by atoms with Gasteiger partial charge in [0.2, 0.25) is 5.13 Å². The molecule has 0 radical (unpaired) electrons. The Hall–Kier alpha value is -3.05. The molecule has 1 atom stereocenters. The number of amides is 1. The molecule has 0 spiro atoms. The van der Waals surface area contributed by atoms with Gasteiger partial charge < -0.3 is 5.11 Å². The summed E-state index contributed by atoms with van der Waals surface area (Å²) >= 11 is 11.9. The van der Waals surface area contributed by atoms with E-state index < -0.39 is 23.5 Å². The van der Waals surface area contributed by atoms with Crippen LogP contribution in [0.2, 0.25) is 5.02 Å². The molecule has 1 unspecified atom stereocenters. The summed E-state index contributed by atoms with van der Waals surface area (Å²) in [4.78, 5) is 27.7. The highest BCUT2D eigenvalue weighted by atomic mass is 79.9. The van der Waals surface area contributed by atoms with Crippen molar-refractivity contribution in [2.75, 3.05) is 4.90 Å². The average Bonchev–Trinajstić information content (AvgIpc) is 3.46. The minimum Gasteiger partial charge on any atom is -0.507 e. The minimum absolute atomic E-state index is 0.107. The van der Waals surface area contributed by atoms with Gasteiger partial charge in [0.25, 0.3) is 5.78 Å². The van der Waals surface area contributed by atoms with Crippen LogP contribution in [0.5, 0.6) is 0 Å². The second kappa shape index (κ2) is 10.7. The van der Waals surface area contributed by atoms with Gasteiger partial charge >= 0.3 is 5.91 Å². The number of thioether (sulfide) groups is 1. The Kier molecular flexibility index (Phi) is 7.43. The van der Waals surface area contributed by atoms with Crippen LogP contribution in [0.15, 0.2) is 87.2 Å². The van der Waals surface area contributed by atoms with E-state index in [-0.39, 0.29) is 16.5 Å². The van der Waals surface area contributed by atoms with Crippen LogP contribution in [0.1, 0.15) is 22.7 Å². The number of halogens is 3. The molecule has 1 fully saturated rings. The lowest BCUT2D eigenvalue weighted by Gasteiger charge is -2.22. The molecule has 1 amide bonds. The van der Waals surface area contributed by atoms with Gasteiger partial charge in [-0.2, -0.15) is 0 Å². The number of carbonyl (C=O) groups excluding carboxylic acids is 2. The standard InChI is InChI=1S/C26H16BrClFN3O3S2/c27-17-7-3-16(4-8-17)22(33)20-21(15-5-11-19(29)12-6-15)32(24(35)23(20)34)25-30-31-26(37-25)36-13-14-1-9-18(28)10-2-14/h1-12,21,33H,13H2/b22-20-. The number of aliphatic hydroxyl groups is 1. The normalized spacial score (nSPS) is 16.9. The third kappa shape index (κ3) is 5.33. The lowest BCUT2D eigenvalue weighted by molar-refractivity contribution is -0.132. The van der Waals surface area contributed by atoms with E-state index in [1.165, 1.54) is 40.9 Å². The Morgan fingerprint density at radius 2 is 1.70 bits per heavy atom. The van der Waals surface area contributed by atoms with Crippen LogP contribution in [-0.4, -0.2) is 27.0 Å². The highest BCUT2D eigenvalue weighted by molar-refractivity contribution is 9.10. The minimum atomic E-state index is -1.01. The highest BCUT2D eigenvalue weighted by Crippen LogP contribution is 2.44. The Balaban J connectivity index is 1.53. The third-order valence-electron chi connectivity index (χ3n) is 5.63. The maximum Gasteiger partial charge on any atom is 0.301 e. The molecule has 2 heterocycles. The van der Waals surface area contributed by atoms with Crippen molar-refractivity contribution in [2.45, 2.75) is 16.1 Å². The van der Waals surface area contributed by atoms with Crippen LogP contribution in [0.4, 0.5) is 9.52 Å². The fraction of sp³-hybridized carbons (Fsp3) is 0.0769. The molecule has 0 saturated carbocycles. The number of benzene rings is 3. The van der Waals surface area contributed by atoms with Crippen LogP contribution >= 0.6 is 50.6 Å². The van der Waals surface area contributed by atoms with Crippen LogP contribution in [0, 0.1) is 5.82 Å². The zero-order valence-electron chi connectivity index (χ0n) is 18.8. The maximum atomic E-state index is 13.7. The topological polar surface area (TPSA) is 83.4 Å². The van der Waals surface area contributed by atoms with Crippen molar-refractivity contribution in [2.24, 2.45) is 0 Å². The second-order valence-electron chi connectivity index (χ2n) is 7.99. The molecule has 1 aromatic heterocycles. The van der Waals surface area contributed by atoms with Crippen molar-refractivity contribution >= 4 is 73.2 Å². The van der Waals surface area contributed by atoms with E-state index in [2.05, 4.69) is 26.1 Å². The number of hydrogen-bond donors (Lipinski definition) is 1. The molecule has 11 heteroatoms. The average molecular weight is 617 g/mol. The molecular formula is C26H16BrClFN3O3S2. The van der Waals surface area contributed by atoms with Crippen LogP contribution in [0.3, 0.4) is 0 Å². The number of carbonyl (C=O) groups is 2. The molecule has 1 saturated heterocycles. The number of Topliss-reactive ketones (excluding diaryl/α,β-unsaturated/α-hetero) is 1. The first-order chi connectivity index (χ1) is 17.8. The van der Waals surface area contributed by atoms with E-state index in [0.29, 0.717) is 26.2 Å². The van der Waals surface area contributed by atoms with Gasteiger partial charge in [-0.3, -0.25) is 14.5 Å². The Morgan fingerprint density at radius 1 is 1.03 bits per heavy atom. The van der Waals surface area contributed by atoms with Crippen molar-refractivity contribution < 1.29 is 19.1 Å². The van der Waals surface area contributed by atoms with E-state index in [9.17, 15) is 19.1 Å². The number of ketones is 1. The summed E-state index contributed by atoms with van der Waals surface area (Å²) in [6.45, 7) is 0. The molecule has 186 valence electrons. The molecule has 0 aliphatic carbocycles. The van der Waals surface area contributed by atoms with E-state index >= 15 is 0 Å². The fourth-order valence-corrected chi connectivity index (χ4v) is 6.05. The molecule has 4 aromatic rings. The summed E-state index contributed by atoms with van der Waals surface area (Å²) in [5.74, 6) is -1.90. The number of hydrogen-bond acceptors (Lipinski definition) is 7. The summed E-state index contributed by atoms with van der Waals surface area (Å²) < 4.78 is 15.1. The largest absolute Gasteiger partial charge is 0.507 e. The summed E-state index contributed by atoms with van der Waals surface area (Å²) in [5, 5.41) is 20.3. The Labute approximate surface area is 232 Å². The van der Waals surface area contributed by atoms with E-state index in [1.54, 1.807) is 36.4 Å². The maximum absolute atomic E-state index is 13.7. The van der Waals surface area contributed by atoms with Crippen LogP contribution in [0.25, 0.3) is 5.76 Å². The van der Waals surface area contributed by atoms with Gasteiger partial charge in [0.05, 0.1) is 11.6 Å². The fourth-order valence-electron chi connectivity index (χ4n) is 3.84. The number of aromatic nitrogens is 2. The van der Waals surface area contributed by atoms with Gasteiger partial charge in [0, 0.05) is 20.8 Å². The van der Waals surface area contributed by atoms with Crippen LogP contribution in [-0.2, 0) is 15.3 Å². The first-order valence-corrected chi connectivity index (χ1v) is 13.8. The Bertz CT molecular complexity index is 1510. The molecule has 6 nitrogen and oxygen atoms in total. The van der Waals surface area contributed by atoms with Crippen molar-refractivity contribution in [3.63, 3.8) is 0 Å². The van der Waals surface area contributed by atoms with Crippen LogP contribution < -0.4 is 4.90 Å². The van der Waals surface area contributed by atoms with Gasteiger partial charge in [-0.25, -0.2) is 4.39 Å². The molecule has 3 aromatic carbocycles. The van der Waals surface area contributed by atoms with Gasteiger partial charge in [-0.15, -0.1) is 10.2 Å². The van der Waals surface area contributed by atoms with Gasteiger partial charge in [-0.1, -0.05) is 87.0 Å². The number of aliphatic hydroxyl groups excluding tert-OH is 1. The van der Waals surface area contributed by atoms with Crippen molar-refractivity contribution in [1.29, 1.82) is 0 Å². The molecule has 1 aliphatic rings. The van der Waals surface area contributed by atoms with Crippen molar-refractivity contribution in [3.05, 3.63) is 110 Å². The SMILES string of the molecule is O=C1C(=O)N(c2nnc(SCc3ccc(Cl)cc3)s2)C(c2ccc(F)cc2)/C1=C(/O)c1ccc(Br)cc1. The Morgan fingerprint density at radius 3 is 2.38 bits per heavy atom. The monoisotopic (exact) mass is 615 g/mol. The number of nitrogens with zero attached hydrogens (tertiary/aromatic N) is 3. The lowest BCUT2D eigenvalue weighted by atomic mass is 9.95. The van der Waals surface area contributed by atoms with E-state index in [4.69, 9.17) is 11.6 Å². The molecule has 1 N–H and O–H groups in total. The summed E-state index contributed by atoms with van der Waals surface area (Å²) in [5.41, 5.74) is 1.74. The van der Waals surface area contributed by atoms with E-state index in [0.717, 1.165) is 21.4 Å². The first-order valence-electron chi connectivity index (χ1n) is 10.8. The van der Waals surface area contributed by atoms with Crippen molar-refractivity contribution in [3.8, 4) is 0 Å². The molecule has 37 heavy (non-hydrogen) atoms. The summed E-state index contributed by atoms with van der Waals surface area (Å²) in [6.07, 6.45) is 0. The molecule has 0 bridgehead atoms. The third-order valence-corrected chi connectivity index (χ3v) is 8.53. The molecule has 1 aliphatic heterocycles. The van der Waals surface area contributed by atoms with Crippen molar-refractivity contribution in [1.82, 2.24) is 10.2 Å². The molecule has 5 rings (SSSR count). The predicted octanol–water partition coefficient (Wildman–Crippen LogP) is 7.01. The first kappa shape index (κ1) is 25.6. The zero-order valence-corrected chi connectivity index (χ0v) is 22.7. The smallest absolute Gasteiger partial charge is 0.301 e. The second-order valence-corrected chi connectivity index (χ2v) is 11.5. The predicted molar refractivity (Wildman–Crippen MR) is 146 cm³/mol. The number of anilines is 1. The summed E-state index contributed by atoms with van der Waals surface area (Å²) in [7, 11) is 0. The molecular weight excluding hydrogens is 601 g/mol. The zero-order chi connectivity index (χ0) is 26.1. The summed E-state index contributed by atoms with van der Waals surface area (Å²) in [6, 6.07) is 18.5. The highest BCUT2D eigenvalue weighted by Gasteiger charge is 2.48. The van der Waals surface area contributed by atoms with E-state index in [1.807, 2.05) is 12.1 Å².